The third kappa shape index (κ3) is 5.17. The molecule has 148 valence electrons. The van der Waals surface area contributed by atoms with Crippen LogP contribution in [0.25, 0.3) is 0 Å². The van der Waals surface area contributed by atoms with Crippen molar-refractivity contribution in [3.63, 3.8) is 0 Å². The molecule has 2 amide bonds. The minimum absolute atomic E-state index is 0.108. The zero-order valence-corrected chi connectivity index (χ0v) is 16.0. The zero-order chi connectivity index (χ0) is 20.1. The van der Waals surface area contributed by atoms with E-state index in [0.29, 0.717) is 24.5 Å². The molecule has 9 heteroatoms. The van der Waals surface area contributed by atoms with Crippen LogP contribution in [0.2, 0.25) is 0 Å². The molecule has 0 radical (unpaired) electrons. The van der Waals surface area contributed by atoms with Crippen LogP contribution in [0.3, 0.4) is 0 Å². The van der Waals surface area contributed by atoms with Crippen LogP contribution in [-0.4, -0.2) is 59.2 Å². The van der Waals surface area contributed by atoms with Crippen LogP contribution in [0.4, 0.5) is 17.1 Å². The Hall–Kier alpha value is -3.20. The molecule has 1 fully saturated rings. The maximum absolute atomic E-state index is 12.3. The van der Waals surface area contributed by atoms with E-state index in [9.17, 15) is 14.4 Å². The summed E-state index contributed by atoms with van der Waals surface area (Å²) in [5.74, 6) is -0.267. The maximum Gasteiger partial charge on any atom is 0.268 e. The summed E-state index contributed by atoms with van der Waals surface area (Å²) in [5, 5.41) is 9.60. The van der Waals surface area contributed by atoms with Crippen molar-refractivity contribution in [2.24, 2.45) is 7.05 Å². The predicted molar refractivity (Wildman–Crippen MR) is 108 cm³/mol. The molecule has 0 bridgehead atoms. The lowest BCUT2D eigenvalue weighted by molar-refractivity contribution is -0.117. The highest BCUT2D eigenvalue weighted by Crippen LogP contribution is 2.16. The molecule has 0 atom stereocenters. The fraction of sp³-hybridized carbons (Fsp3) is 0.368. The number of hydrogen-bond acceptors (Lipinski definition) is 6. The number of piperazine rings is 1. The van der Waals surface area contributed by atoms with Gasteiger partial charge >= 0.3 is 0 Å². The van der Waals surface area contributed by atoms with Crippen LogP contribution in [0.1, 0.15) is 6.92 Å². The van der Waals surface area contributed by atoms with E-state index in [2.05, 4.69) is 25.5 Å². The molecular formula is C19H24N6O3. The quantitative estimate of drug-likeness (QED) is 0.779. The van der Waals surface area contributed by atoms with E-state index in [1.165, 1.54) is 11.6 Å². The van der Waals surface area contributed by atoms with Gasteiger partial charge in [-0.25, -0.2) is 4.68 Å². The Morgan fingerprint density at radius 2 is 1.75 bits per heavy atom. The predicted octanol–water partition coefficient (Wildman–Crippen LogP) is 0.499. The second-order valence-electron chi connectivity index (χ2n) is 6.75. The maximum atomic E-state index is 12.3. The second kappa shape index (κ2) is 8.66. The molecular weight excluding hydrogens is 360 g/mol. The van der Waals surface area contributed by atoms with E-state index >= 15 is 0 Å². The number of aryl methyl sites for hydroxylation is 1. The smallest absolute Gasteiger partial charge is 0.268 e. The first kappa shape index (κ1) is 19.6. The average Bonchev–Trinajstić information content (AvgIpc) is 2.64. The highest BCUT2D eigenvalue weighted by Gasteiger charge is 2.20. The summed E-state index contributed by atoms with van der Waals surface area (Å²) < 4.78 is 1.30. The summed E-state index contributed by atoms with van der Waals surface area (Å²) in [5.41, 5.74) is 1.95. The SMILES string of the molecule is CC(=O)Nc1cccc(NC(=O)CN2CCN(c3cnn(C)c(=O)c3)CC2)c1. The molecule has 2 aromatic rings. The van der Waals surface area contributed by atoms with Gasteiger partial charge in [0.2, 0.25) is 11.8 Å². The largest absolute Gasteiger partial charge is 0.368 e. The molecule has 0 unspecified atom stereocenters. The van der Waals surface area contributed by atoms with Crippen LogP contribution < -0.4 is 21.1 Å². The molecule has 1 aliphatic heterocycles. The van der Waals surface area contributed by atoms with Gasteiger partial charge < -0.3 is 15.5 Å². The molecule has 1 aromatic heterocycles. The van der Waals surface area contributed by atoms with Crippen molar-refractivity contribution in [2.75, 3.05) is 48.3 Å². The highest BCUT2D eigenvalue weighted by atomic mass is 16.2. The van der Waals surface area contributed by atoms with Crippen molar-refractivity contribution < 1.29 is 9.59 Å². The number of nitrogens with zero attached hydrogens (tertiary/aromatic N) is 4. The lowest BCUT2D eigenvalue weighted by Gasteiger charge is -2.35. The first-order chi connectivity index (χ1) is 13.4. The fourth-order valence-corrected chi connectivity index (χ4v) is 3.08. The van der Waals surface area contributed by atoms with Gasteiger partial charge in [0.05, 0.1) is 18.4 Å². The molecule has 2 heterocycles. The first-order valence-electron chi connectivity index (χ1n) is 9.09. The molecule has 1 saturated heterocycles. The number of anilines is 3. The van der Waals surface area contributed by atoms with Crippen molar-refractivity contribution in [1.29, 1.82) is 0 Å². The lowest BCUT2D eigenvalue weighted by atomic mass is 10.2. The van der Waals surface area contributed by atoms with Crippen LogP contribution in [0.15, 0.2) is 41.3 Å². The van der Waals surface area contributed by atoms with Gasteiger partial charge in [0.1, 0.15) is 0 Å². The zero-order valence-electron chi connectivity index (χ0n) is 16.0. The molecule has 2 N–H and O–H groups in total. The Morgan fingerprint density at radius 3 is 2.39 bits per heavy atom. The fourth-order valence-electron chi connectivity index (χ4n) is 3.08. The summed E-state index contributed by atoms with van der Waals surface area (Å²) in [6.07, 6.45) is 1.69. The third-order valence-electron chi connectivity index (χ3n) is 4.52. The van der Waals surface area contributed by atoms with E-state index in [0.717, 1.165) is 18.8 Å². The Bertz CT molecular complexity index is 918. The highest BCUT2D eigenvalue weighted by molar-refractivity contribution is 5.94. The van der Waals surface area contributed by atoms with Crippen LogP contribution >= 0.6 is 0 Å². The van der Waals surface area contributed by atoms with Crippen LogP contribution in [-0.2, 0) is 16.6 Å². The number of nitrogens with one attached hydrogen (secondary N) is 2. The normalized spacial score (nSPS) is 14.6. The number of aromatic nitrogens is 2. The average molecular weight is 384 g/mol. The Morgan fingerprint density at radius 1 is 1.07 bits per heavy atom. The van der Waals surface area contributed by atoms with Crippen molar-refractivity contribution in [3.05, 3.63) is 46.9 Å². The summed E-state index contributed by atoms with van der Waals surface area (Å²) in [4.78, 5) is 39.4. The van der Waals surface area contributed by atoms with Crippen LogP contribution in [0.5, 0.6) is 0 Å². The minimum atomic E-state index is -0.159. The van der Waals surface area contributed by atoms with E-state index in [1.807, 2.05) is 0 Å². The first-order valence-corrected chi connectivity index (χ1v) is 9.09. The van der Waals surface area contributed by atoms with E-state index in [4.69, 9.17) is 0 Å². The number of rotatable bonds is 5. The number of carbonyl (C=O) groups excluding carboxylic acids is 2. The molecule has 28 heavy (non-hydrogen) atoms. The van der Waals surface area contributed by atoms with Gasteiger partial charge in [-0.3, -0.25) is 19.3 Å². The second-order valence-corrected chi connectivity index (χ2v) is 6.75. The summed E-state index contributed by atoms with van der Waals surface area (Å²) in [6, 6.07) is 8.63. The number of benzene rings is 1. The molecule has 9 nitrogen and oxygen atoms in total. The third-order valence-corrected chi connectivity index (χ3v) is 4.52. The molecule has 3 rings (SSSR count). The van der Waals surface area contributed by atoms with Crippen molar-refractivity contribution >= 4 is 28.9 Å². The van der Waals surface area contributed by atoms with Crippen molar-refractivity contribution in [1.82, 2.24) is 14.7 Å². The standard InChI is InChI=1S/C19H24N6O3/c1-14(26)21-15-4-3-5-16(10-15)22-18(27)13-24-6-8-25(9-7-24)17-11-19(28)23(2)20-12-17/h3-5,10-12H,6-9,13H2,1-2H3,(H,21,26)(H,22,27). The van der Waals surface area contributed by atoms with Gasteiger partial charge in [-0.05, 0) is 18.2 Å². The monoisotopic (exact) mass is 384 g/mol. The molecule has 1 aromatic carbocycles. The number of hydrogen-bond donors (Lipinski definition) is 2. The van der Waals surface area contributed by atoms with E-state index in [1.54, 1.807) is 43.6 Å². The van der Waals surface area contributed by atoms with Crippen molar-refractivity contribution in [3.8, 4) is 0 Å². The van der Waals surface area contributed by atoms with Gasteiger partial charge in [-0.15, -0.1) is 0 Å². The Kier molecular flexibility index (Phi) is 6.05. The van der Waals surface area contributed by atoms with Gasteiger partial charge in [0.25, 0.3) is 5.56 Å². The van der Waals surface area contributed by atoms with Crippen LogP contribution in [0, 0.1) is 0 Å². The minimum Gasteiger partial charge on any atom is -0.368 e. The van der Waals surface area contributed by atoms with E-state index < -0.39 is 0 Å². The summed E-state index contributed by atoms with van der Waals surface area (Å²) >= 11 is 0. The molecule has 0 saturated carbocycles. The van der Waals surface area contributed by atoms with Crippen molar-refractivity contribution in [2.45, 2.75) is 6.92 Å². The topological polar surface area (TPSA) is 99.6 Å². The van der Waals surface area contributed by atoms with Gasteiger partial charge in [0.15, 0.2) is 0 Å². The molecule has 1 aliphatic rings. The summed E-state index contributed by atoms with van der Waals surface area (Å²) in [7, 11) is 1.62. The number of amides is 2. The Labute approximate surface area is 162 Å². The van der Waals surface area contributed by atoms with E-state index in [-0.39, 0.29) is 23.9 Å². The Balaban J connectivity index is 1.50. The summed E-state index contributed by atoms with van der Waals surface area (Å²) in [6.45, 7) is 4.60. The van der Waals surface area contributed by atoms with Gasteiger partial charge in [-0.2, -0.15) is 5.10 Å². The molecule has 0 aliphatic carbocycles. The molecule has 0 spiro atoms. The van der Waals surface area contributed by atoms with Gasteiger partial charge in [-0.1, -0.05) is 6.07 Å². The van der Waals surface area contributed by atoms with Gasteiger partial charge in [0, 0.05) is 57.6 Å². The lowest BCUT2D eigenvalue weighted by Crippen LogP contribution is -2.49. The number of carbonyl (C=O) groups is 2.